The van der Waals surface area contributed by atoms with Gasteiger partial charge < -0.3 is 19.0 Å². The number of hydrogen-bond acceptors (Lipinski definition) is 4. The van der Waals surface area contributed by atoms with Crippen molar-refractivity contribution in [3.05, 3.63) is 158 Å². The second-order valence-corrected chi connectivity index (χ2v) is 26.3. The zero-order chi connectivity index (χ0) is 39.2. The van der Waals surface area contributed by atoms with Crippen molar-refractivity contribution in [1.29, 1.82) is 0 Å². The first-order chi connectivity index (χ1) is 29.7. The fraction of sp³-hybridized carbons (Fsp3) is 0.148. The summed E-state index contributed by atoms with van der Waals surface area (Å²) >= 11 is 0. The lowest BCUT2D eigenvalue weighted by Gasteiger charge is -2.42. The molecule has 0 bridgehead atoms. The molecule has 8 aromatic carbocycles. The molecule has 0 aliphatic carbocycles. The van der Waals surface area contributed by atoms with Gasteiger partial charge in [-0.3, -0.25) is 0 Å². The van der Waals surface area contributed by atoms with Gasteiger partial charge in [-0.1, -0.05) is 111 Å². The van der Waals surface area contributed by atoms with Crippen LogP contribution in [0.15, 0.2) is 162 Å². The summed E-state index contributed by atoms with van der Waals surface area (Å²) in [6.45, 7) is 0. The van der Waals surface area contributed by atoms with E-state index >= 15 is 0 Å². The van der Waals surface area contributed by atoms with E-state index in [2.05, 4.69) is 168 Å². The van der Waals surface area contributed by atoms with Gasteiger partial charge >= 0.3 is 0 Å². The summed E-state index contributed by atoms with van der Waals surface area (Å²) in [5.74, 6) is 1.77. The molecule has 9 aromatic rings. The maximum absolute atomic E-state index is 6.96. The van der Waals surface area contributed by atoms with Gasteiger partial charge in [-0.25, -0.2) is 0 Å². The average Bonchev–Trinajstić information content (AvgIpc) is 4.07. The summed E-state index contributed by atoms with van der Waals surface area (Å²) in [4.78, 5) is 5.00. The molecule has 2 fully saturated rings. The number of benzene rings is 8. The minimum atomic E-state index is -1.82. The van der Waals surface area contributed by atoms with Crippen LogP contribution in [-0.4, -0.2) is 16.1 Å². The Hall–Kier alpha value is -6.35. The molecule has 2 spiro atoms. The largest absolute Gasteiger partial charge is 0.456 e. The molecule has 0 amide bonds. The SMILES string of the molecule is c1ccc2c(c1)N(c1ccc3c(c1)Oc1cccc4c1c-3cc1oc3cc(N5c6ccccc6[Si]6(CCCC6)c6ccccc65)ccc3c14)c1ccccc1[Si]21CCCC1. The van der Waals surface area contributed by atoms with Crippen LogP contribution in [-0.2, 0) is 0 Å². The van der Waals surface area contributed by atoms with Crippen LogP contribution in [0.5, 0.6) is 11.5 Å². The number of fused-ring (bicyclic) bond motifs is 14. The molecule has 6 heteroatoms. The van der Waals surface area contributed by atoms with Crippen LogP contribution in [0, 0.1) is 0 Å². The van der Waals surface area contributed by atoms with Gasteiger partial charge in [0, 0.05) is 73.5 Å². The van der Waals surface area contributed by atoms with Crippen molar-refractivity contribution in [2.24, 2.45) is 0 Å². The van der Waals surface area contributed by atoms with Crippen LogP contribution in [0.2, 0.25) is 24.2 Å². The van der Waals surface area contributed by atoms with Crippen molar-refractivity contribution < 1.29 is 9.15 Å². The Morgan fingerprint density at radius 1 is 0.383 bits per heavy atom. The van der Waals surface area contributed by atoms with E-state index in [9.17, 15) is 0 Å². The van der Waals surface area contributed by atoms with Crippen molar-refractivity contribution in [3.8, 4) is 22.6 Å². The first-order valence-electron chi connectivity index (χ1n) is 21.9. The highest BCUT2D eigenvalue weighted by molar-refractivity contribution is 7.05. The molecule has 0 N–H and O–H groups in total. The van der Waals surface area contributed by atoms with Gasteiger partial charge in [0.2, 0.25) is 0 Å². The Balaban J connectivity index is 0.914. The lowest BCUT2D eigenvalue weighted by atomic mass is 9.92. The lowest BCUT2D eigenvalue weighted by Crippen LogP contribution is -2.60. The maximum atomic E-state index is 6.96. The molecule has 0 radical (unpaired) electrons. The van der Waals surface area contributed by atoms with Crippen molar-refractivity contribution in [1.82, 2.24) is 0 Å². The molecule has 0 atom stereocenters. The maximum Gasteiger partial charge on any atom is 0.137 e. The molecule has 6 heterocycles. The monoisotopic (exact) mass is 806 g/mol. The zero-order valence-electron chi connectivity index (χ0n) is 33.4. The Morgan fingerprint density at radius 2 is 0.900 bits per heavy atom. The molecule has 4 nitrogen and oxygen atoms in total. The molecular weight excluding hydrogens is 765 g/mol. The molecule has 0 unspecified atom stereocenters. The van der Waals surface area contributed by atoms with Crippen LogP contribution in [0.1, 0.15) is 25.7 Å². The highest BCUT2D eigenvalue weighted by atomic mass is 28.3. The summed E-state index contributed by atoms with van der Waals surface area (Å²) in [5.41, 5.74) is 11.7. The van der Waals surface area contributed by atoms with Crippen LogP contribution in [0.25, 0.3) is 43.8 Å². The van der Waals surface area contributed by atoms with E-state index in [0.29, 0.717) is 0 Å². The van der Waals surface area contributed by atoms with Gasteiger partial charge in [0.15, 0.2) is 0 Å². The Morgan fingerprint density at radius 3 is 1.47 bits per heavy atom. The fourth-order valence-corrected chi connectivity index (χ4v) is 23.7. The third-order valence-electron chi connectivity index (χ3n) is 15.1. The minimum Gasteiger partial charge on any atom is -0.456 e. The number of hydrogen-bond donors (Lipinski definition) is 0. The van der Waals surface area contributed by atoms with E-state index in [1.165, 1.54) is 72.6 Å². The van der Waals surface area contributed by atoms with Crippen LogP contribution in [0.3, 0.4) is 0 Å². The second-order valence-electron chi connectivity index (χ2n) is 17.9. The predicted molar refractivity (Wildman–Crippen MR) is 254 cm³/mol. The normalized spacial score (nSPS) is 17.5. The van der Waals surface area contributed by atoms with Crippen molar-refractivity contribution in [2.75, 3.05) is 9.80 Å². The smallest absolute Gasteiger partial charge is 0.137 e. The van der Waals surface area contributed by atoms with Gasteiger partial charge in [-0.05, 0) is 111 Å². The fourth-order valence-electron chi connectivity index (χ4n) is 12.6. The molecule has 288 valence electrons. The third kappa shape index (κ3) is 4.30. The third-order valence-corrected chi connectivity index (χ3v) is 25.7. The predicted octanol–water partition coefficient (Wildman–Crippen LogP) is 12.8. The Bertz CT molecular complexity index is 3200. The Kier molecular flexibility index (Phi) is 6.76. The summed E-state index contributed by atoms with van der Waals surface area (Å²) in [5, 5.41) is 10.9. The number of para-hydroxylation sites is 4. The van der Waals surface area contributed by atoms with Gasteiger partial charge in [0.1, 0.15) is 38.8 Å². The zero-order valence-corrected chi connectivity index (χ0v) is 35.4. The van der Waals surface area contributed by atoms with Crippen molar-refractivity contribution in [2.45, 2.75) is 49.9 Å². The topological polar surface area (TPSA) is 28.9 Å². The van der Waals surface area contributed by atoms with Gasteiger partial charge in [0.05, 0.1) is 0 Å². The summed E-state index contributed by atoms with van der Waals surface area (Å²) in [6, 6.07) is 64.8. The molecule has 14 rings (SSSR count). The summed E-state index contributed by atoms with van der Waals surface area (Å²) < 4.78 is 13.9. The number of ether oxygens (including phenoxy) is 1. The Labute approximate surface area is 351 Å². The van der Waals surface area contributed by atoms with E-state index in [4.69, 9.17) is 9.15 Å². The van der Waals surface area contributed by atoms with E-state index in [1.54, 1.807) is 20.7 Å². The first kappa shape index (κ1) is 33.5. The second kappa shape index (κ2) is 12.1. The first-order valence-corrected chi connectivity index (χ1v) is 26.8. The molecule has 5 aliphatic rings. The van der Waals surface area contributed by atoms with Crippen LogP contribution < -0.4 is 35.3 Å². The number of anilines is 6. The quantitative estimate of drug-likeness (QED) is 0.163. The minimum absolute atomic E-state index is 0.879. The standard InChI is InChI=1S/C54H42N2O2Si2/c1-5-20-49-41(15-1)55(42-16-2-6-21-50(42)59(49)28-9-10-29-59)35-24-26-37-40-34-48-53(39-14-13-19-45(54(39)40)57-46(37)32-35)38-27-25-36(33-47(38)58-48)56-43-17-3-7-22-51(43)60(30-11-12-31-60)52-23-8-4-18-44(52)56/h1-8,13-27,32-34H,9-12,28-31H2. The molecule has 5 aliphatic heterocycles. The molecule has 0 saturated carbocycles. The highest BCUT2D eigenvalue weighted by Crippen LogP contribution is 2.53. The van der Waals surface area contributed by atoms with E-state index < -0.39 is 16.1 Å². The van der Waals surface area contributed by atoms with E-state index in [0.717, 1.165) is 66.7 Å². The van der Waals surface area contributed by atoms with E-state index in [-0.39, 0.29) is 0 Å². The number of furan rings is 1. The van der Waals surface area contributed by atoms with E-state index in [1.807, 2.05) is 0 Å². The van der Waals surface area contributed by atoms with Crippen molar-refractivity contribution in [3.63, 3.8) is 0 Å². The molecule has 1 aromatic heterocycles. The molecule has 60 heavy (non-hydrogen) atoms. The van der Waals surface area contributed by atoms with Crippen molar-refractivity contribution >= 4 is 104 Å². The molecular formula is C54H42N2O2Si2. The average molecular weight is 807 g/mol. The molecule has 2 saturated heterocycles. The lowest BCUT2D eigenvalue weighted by molar-refractivity contribution is 0.487. The summed E-state index contributed by atoms with van der Waals surface area (Å²) in [7, 11) is -3.64. The van der Waals surface area contributed by atoms with Crippen LogP contribution in [0.4, 0.5) is 34.1 Å². The summed E-state index contributed by atoms with van der Waals surface area (Å²) in [6.07, 6.45) is 5.32. The number of nitrogens with zero attached hydrogens (tertiary/aromatic N) is 2. The number of rotatable bonds is 2. The highest BCUT2D eigenvalue weighted by Gasteiger charge is 2.48. The van der Waals surface area contributed by atoms with Gasteiger partial charge in [-0.15, -0.1) is 0 Å². The van der Waals surface area contributed by atoms with Gasteiger partial charge in [0.25, 0.3) is 0 Å². The van der Waals surface area contributed by atoms with Gasteiger partial charge in [-0.2, -0.15) is 0 Å². The van der Waals surface area contributed by atoms with Crippen LogP contribution >= 0.6 is 0 Å².